The van der Waals surface area contributed by atoms with Gasteiger partial charge in [0.25, 0.3) is 6.07 Å². The van der Waals surface area contributed by atoms with Gasteiger partial charge in [0.05, 0.1) is 12.0 Å². The number of para-hydroxylation sites is 1. The molecule has 176 valence electrons. The van der Waals surface area contributed by atoms with Crippen molar-refractivity contribution in [2.75, 3.05) is 12.3 Å². The zero-order chi connectivity index (χ0) is 24.1. The van der Waals surface area contributed by atoms with Gasteiger partial charge < -0.3 is 16.8 Å². The average Bonchev–Trinajstić information content (AvgIpc) is 2.84. The lowest BCUT2D eigenvalue weighted by atomic mass is 9.81. The third-order valence-corrected chi connectivity index (χ3v) is 6.10. The van der Waals surface area contributed by atoms with Crippen molar-refractivity contribution < 1.29 is 13.2 Å². The smallest absolute Gasteiger partial charge is 0.398 e. The maximum Gasteiger partial charge on any atom is 0.416 e. The van der Waals surface area contributed by atoms with Crippen molar-refractivity contribution in [3.05, 3.63) is 94.2 Å². The first-order valence-electron chi connectivity index (χ1n) is 11.2. The number of nitrogens with two attached hydrogens (primary N) is 2. The molecule has 3 unspecified atom stereocenters. The van der Waals surface area contributed by atoms with Gasteiger partial charge in [0.15, 0.2) is 0 Å². The van der Waals surface area contributed by atoms with Crippen LogP contribution in [0.5, 0.6) is 0 Å². The van der Waals surface area contributed by atoms with Crippen molar-refractivity contribution in [2.24, 2.45) is 16.6 Å². The number of rotatable bonds is 7. The van der Waals surface area contributed by atoms with E-state index in [1.165, 1.54) is 12.1 Å². The fraction of sp³-hybridized carbons (Fsp3) is 0.308. The van der Waals surface area contributed by atoms with Crippen LogP contribution in [0.3, 0.4) is 0 Å². The quantitative estimate of drug-likeness (QED) is 0.465. The molecule has 5 nitrogen and oxygen atoms in total. The summed E-state index contributed by atoms with van der Waals surface area (Å²) >= 11 is 0. The number of alkyl halides is 3. The Bertz CT molecular complexity index is 1190. The molecule has 0 aromatic heterocycles. The number of anilines is 1. The molecule has 0 fully saturated rings. The summed E-state index contributed by atoms with van der Waals surface area (Å²) in [5.41, 5.74) is 14.6. The number of hydrogen-bond donors (Lipinski definition) is 3. The van der Waals surface area contributed by atoms with Crippen LogP contribution in [0.15, 0.2) is 77.7 Å². The van der Waals surface area contributed by atoms with Gasteiger partial charge in [-0.2, -0.15) is 13.2 Å². The molecule has 2 aliphatic rings. The molecule has 0 radical (unpaired) electrons. The molecule has 2 aromatic carbocycles. The summed E-state index contributed by atoms with van der Waals surface area (Å²) in [4.78, 5) is 8.83. The number of aliphatic imine (C=N–C) groups is 1. The van der Waals surface area contributed by atoms with Gasteiger partial charge in [-0.05, 0) is 47.0 Å². The molecule has 0 saturated carbocycles. The molecular weight excluding hydrogens is 439 g/mol. The van der Waals surface area contributed by atoms with Gasteiger partial charge >= 0.3 is 12.4 Å². The van der Waals surface area contributed by atoms with E-state index in [1.807, 2.05) is 36.4 Å². The monoisotopic (exact) mass is 466 g/mol. The van der Waals surface area contributed by atoms with Crippen molar-refractivity contribution >= 4 is 11.4 Å². The van der Waals surface area contributed by atoms with Crippen LogP contribution in [-0.2, 0) is 6.18 Å². The minimum atomic E-state index is -4.39. The summed E-state index contributed by atoms with van der Waals surface area (Å²) in [7, 11) is 0. The van der Waals surface area contributed by atoms with Crippen LogP contribution in [0.1, 0.15) is 47.9 Å². The highest BCUT2D eigenvalue weighted by Crippen LogP contribution is 2.36. The first-order chi connectivity index (χ1) is 16.3. The second kappa shape index (κ2) is 10.1. The van der Waals surface area contributed by atoms with E-state index in [9.17, 15) is 13.2 Å². The number of nitrogens with one attached hydrogen (secondary N) is 1. The number of allylic oxidation sites excluding steroid dienone is 2. The summed E-state index contributed by atoms with van der Waals surface area (Å²) in [6.45, 7) is 0.584. The Hall–Kier alpha value is -3.57. The molecule has 5 N–H and O–H groups in total. The molecule has 0 saturated heterocycles. The second-order valence-corrected chi connectivity index (χ2v) is 8.43. The Balaban J connectivity index is 1.50. The van der Waals surface area contributed by atoms with Crippen LogP contribution >= 0.6 is 0 Å². The number of nitrogen functional groups attached to an aromatic ring is 1. The molecule has 2 aromatic rings. The number of benzene rings is 2. The largest absolute Gasteiger partial charge is 0.416 e. The van der Waals surface area contributed by atoms with Gasteiger partial charge in [-0.15, -0.1) is 0 Å². The number of halogens is 3. The van der Waals surface area contributed by atoms with Crippen molar-refractivity contribution in [1.82, 2.24) is 5.32 Å². The first kappa shape index (κ1) is 23.6. The lowest BCUT2D eigenvalue weighted by molar-refractivity contribution is -0.137. The highest BCUT2D eigenvalue weighted by Gasteiger charge is 2.33. The van der Waals surface area contributed by atoms with Crippen LogP contribution in [-0.4, -0.2) is 12.3 Å². The highest BCUT2D eigenvalue weighted by molar-refractivity contribution is 5.96. The van der Waals surface area contributed by atoms with Crippen LogP contribution in [0.2, 0.25) is 0 Å². The minimum Gasteiger partial charge on any atom is -0.398 e. The Morgan fingerprint density at radius 1 is 1.18 bits per heavy atom. The van der Waals surface area contributed by atoms with Crippen molar-refractivity contribution in [2.45, 2.75) is 37.4 Å². The van der Waals surface area contributed by atoms with Crippen LogP contribution in [0.25, 0.3) is 4.85 Å². The van der Waals surface area contributed by atoms with Crippen LogP contribution in [0, 0.1) is 12.0 Å². The van der Waals surface area contributed by atoms with Gasteiger partial charge in [0.1, 0.15) is 5.82 Å². The summed E-state index contributed by atoms with van der Waals surface area (Å²) in [5, 5.41) is 3.32. The Kier molecular flexibility index (Phi) is 7.03. The highest BCUT2D eigenvalue weighted by atomic mass is 19.4. The van der Waals surface area contributed by atoms with Crippen LogP contribution < -0.4 is 16.8 Å². The Morgan fingerprint density at radius 2 is 2.00 bits per heavy atom. The van der Waals surface area contributed by atoms with E-state index in [1.54, 1.807) is 12.3 Å². The molecule has 0 aliphatic carbocycles. The normalized spacial score (nSPS) is 20.6. The van der Waals surface area contributed by atoms with Crippen molar-refractivity contribution in [3.63, 3.8) is 0 Å². The lowest BCUT2D eigenvalue weighted by Gasteiger charge is -2.27. The summed E-state index contributed by atoms with van der Waals surface area (Å²) in [5.74, 6) is 0.366. The predicted molar refractivity (Wildman–Crippen MR) is 129 cm³/mol. The first-order valence-corrected chi connectivity index (χ1v) is 11.2. The zero-order valence-corrected chi connectivity index (χ0v) is 18.6. The van der Waals surface area contributed by atoms with E-state index < -0.39 is 11.7 Å². The molecule has 34 heavy (non-hydrogen) atoms. The van der Waals surface area contributed by atoms with Gasteiger partial charge in [0, 0.05) is 41.9 Å². The molecule has 2 aliphatic heterocycles. The molecule has 2 heterocycles. The van der Waals surface area contributed by atoms with Gasteiger partial charge in [-0.3, -0.25) is 0 Å². The average molecular weight is 467 g/mol. The molecule has 8 heteroatoms. The third kappa shape index (κ3) is 5.49. The van der Waals surface area contributed by atoms with Crippen molar-refractivity contribution in [3.8, 4) is 6.07 Å². The zero-order valence-electron chi connectivity index (χ0n) is 18.6. The summed E-state index contributed by atoms with van der Waals surface area (Å²) in [6.07, 6.45) is 2.86. The van der Waals surface area contributed by atoms with E-state index >= 15 is 0 Å². The summed E-state index contributed by atoms with van der Waals surface area (Å²) < 4.78 is 39.9. The molecule has 0 spiro atoms. The van der Waals surface area contributed by atoms with E-state index in [-0.39, 0.29) is 17.9 Å². The maximum atomic E-state index is 13.3. The minimum absolute atomic E-state index is 0.0751. The topological polar surface area (TPSA) is 80.8 Å². The molecule has 3 atom stereocenters. The maximum absolute atomic E-state index is 13.3. The summed E-state index contributed by atoms with van der Waals surface area (Å²) in [6, 6.07) is 15.8. The van der Waals surface area contributed by atoms with Crippen molar-refractivity contribution in [1.29, 1.82) is 0 Å². The van der Waals surface area contributed by atoms with Gasteiger partial charge in [-0.25, -0.2) is 4.99 Å². The Morgan fingerprint density at radius 3 is 2.74 bits per heavy atom. The molecule has 0 bridgehead atoms. The number of nitrogens with zero attached hydrogens (tertiary/aromatic N) is 2. The third-order valence-electron chi connectivity index (χ3n) is 6.10. The van der Waals surface area contributed by atoms with Gasteiger partial charge in [0.2, 0.25) is 0 Å². The van der Waals surface area contributed by atoms with E-state index in [0.29, 0.717) is 42.9 Å². The SMILES string of the molecule is Nc1ccccc1C(N)CCNC1=CCC(c2cccc(C(F)(F)F)c2)C(C2C=C[N+]#CC2)=N1. The fourth-order valence-electron chi connectivity index (χ4n) is 4.29. The van der Waals surface area contributed by atoms with E-state index in [4.69, 9.17) is 16.5 Å². The van der Waals surface area contributed by atoms with E-state index in [2.05, 4.69) is 16.2 Å². The van der Waals surface area contributed by atoms with Gasteiger partial charge in [-0.1, -0.05) is 36.4 Å². The second-order valence-electron chi connectivity index (χ2n) is 8.43. The van der Waals surface area contributed by atoms with Crippen LogP contribution in [0.4, 0.5) is 18.9 Å². The molecule has 4 rings (SSSR count). The standard InChI is InChI=1S/C26H27F3N5/c27-26(28,29)19-5-3-4-18(16-19)20-8-9-24(34-25(20)17-10-13-32-14-11-17)33-15-12-23(31)21-6-1-2-7-22(21)30/h1-7,9-10,13,16-17,20,23,33H,8,11-12,15,30-31H2/q+1. The molecular formula is C26H27F3N5+. The van der Waals surface area contributed by atoms with E-state index in [0.717, 1.165) is 17.3 Å². The fourth-order valence-corrected chi connectivity index (χ4v) is 4.29. The number of hydrogen-bond acceptors (Lipinski definition) is 4. The predicted octanol–water partition coefficient (Wildman–Crippen LogP) is 5.60. The lowest BCUT2D eigenvalue weighted by Crippen LogP contribution is -2.28. The Labute approximate surface area is 196 Å². The molecule has 0 amide bonds.